The Labute approximate surface area is 166 Å². The van der Waals surface area contributed by atoms with Crippen molar-refractivity contribution in [1.82, 2.24) is 9.88 Å². The number of thiophene rings is 1. The first kappa shape index (κ1) is 19.0. The average Bonchev–Trinajstić information content (AvgIpc) is 3.26. The molecule has 0 N–H and O–H groups in total. The maximum Gasteiger partial charge on any atom is 0.236 e. The van der Waals surface area contributed by atoms with E-state index >= 15 is 0 Å². The number of amides is 1. The molecule has 2 heterocycles. The number of carbonyl (C=O) groups is 1. The third kappa shape index (κ3) is 4.29. The van der Waals surface area contributed by atoms with Crippen LogP contribution in [-0.4, -0.2) is 22.3 Å². The highest BCUT2D eigenvalue weighted by molar-refractivity contribution is 7.13. The second-order valence-electron chi connectivity index (χ2n) is 5.83. The Balaban J connectivity index is 1.72. The summed E-state index contributed by atoms with van der Waals surface area (Å²) in [5.74, 6) is 1.23. The Morgan fingerprint density at radius 3 is 2.73 bits per heavy atom. The standard InChI is InChI=1S/C19H18Cl2N2O2S/c1-3-23(11-13-6-7-14(20)15(21)9-13)18(24)10-16-12(2)25-19(22-16)17-5-4-8-26-17/h4-9H,3,10-11H2,1-2H3. The highest BCUT2D eigenvalue weighted by atomic mass is 35.5. The van der Waals surface area contributed by atoms with E-state index in [1.54, 1.807) is 28.4 Å². The van der Waals surface area contributed by atoms with Gasteiger partial charge in [0.05, 0.1) is 27.0 Å². The van der Waals surface area contributed by atoms with E-state index in [4.69, 9.17) is 27.6 Å². The van der Waals surface area contributed by atoms with Gasteiger partial charge in [-0.3, -0.25) is 4.79 Å². The molecule has 0 bridgehead atoms. The number of aryl methyl sites for hydroxylation is 1. The third-order valence-electron chi connectivity index (χ3n) is 4.04. The molecule has 0 aliphatic rings. The summed E-state index contributed by atoms with van der Waals surface area (Å²) in [6.45, 7) is 4.85. The van der Waals surface area contributed by atoms with Gasteiger partial charge in [-0.15, -0.1) is 11.3 Å². The summed E-state index contributed by atoms with van der Waals surface area (Å²) >= 11 is 13.6. The Hall–Kier alpha value is -1.82. The molecule has 0 fully saturated rings. The van der Waals surface area contributed by atoms with Crippen LogP contribution in [0, 0.1) is 6.92 Å². The zero-order valence-electron chi connectivity index (χ0n) is 14.5. The normalized spacial score (nSPS) is 10.9. The highest BCUT2D eigenvalue weighted by Crippen LogP contribution is 2.27. The SMILES string of the molecule is CCN(Cc1ccc(Cl)c(Cl)c1)C(=O)Cc1nc(-c2cccs2)oc1C. The maximum absolute atomic E-state index is 12.7. The van der Waals surface area contributed by atoms with Crippen LogP contribution in [0.3, 0.4) is 0 Å². The van der Waals surface area contributed by atoms with Crippen LogP contribution < -0.4 is 0 Å². The van der Waals surface area contributed by atoms with Crippen molar-refractivity contribution in [3.63, 3.8) is 0 Å². The summed E-state index contributed by atoms with van der Waals surface area (Å²) in [6, 6.07) is 9.30. The lowest BCUT2D eigenvalue weighted by Gasteiger charge is -2.21. The minimum atomic E-state index is -0.00676. The van der Waals surface area contributed by atoms with Crippen molar-refractivity contribution in [2.45, 2.75) is 26.8 Å². The largest absolute Gasteiger partial charge is 0.440 e. The Morgan fingerprint density at radius 1 is 1.27 bits per heavy atom. The maximum atomic E-state index is 12.7. The van der Waals surface area contributed by atoms with Crippen LogP contribution in [0.25, 0.3) is 10.8 Å². The lowest BCUT2D eigenvalue weighted by atomic mass is 10.2. The molecule has 0 spiro atoms. The fourth-order valence-electron chi connectivity index (χ4n) is 2.59. The monoisotopic (exact) mass is 408 g/mol. The molecule has 1 aromatic carbocycles. The first-order valence-electron chi connectivity index (χ1n) is 8.19. The smallest absolute Gasteiger partial charge is 0.236 e. The summed E-state index contributed by atoms with van der Waals surface area (Å²) in [7, 11) is 0. The van der Waals surface area contributed by atoms with Crippen molar-refractivity contribution < 1.29 is 9.21 Å². The van der Waals surface area contributed by atoms with Gasteiger partial charge in [-0.2, -0.15) is 0 Å². The van der Waals surface area contributed by atoms with Gasteiger partial charge < -0.3 is 9.32 Å². The van der Waals surface area contributed by atoms with E-state index in [-0.39, 0.29) is 12.3 Å². The van der Waals surface area contributed by atoms with Crippen molar-refractivity contribution in [3.05, 3.63) is 62.8 Å². The molecule has 0 unspecified atom stereocenters. The van der Waals surface area contributed by atoms with Crippen molar-refractivity contribution in [2.75, 3.05) is 6.54 Å². The number of hydrogen-bond donors (Lipinski definition) is 0. The Kier molecular flexibility index (Phi) is 6.01. The molecule has 0 saturated carbocycles. The van der Waals surface area contributed by atoms with Crippen molar-refractivity contribution >= 4 is 40.4 Å². The fraction of sp³-hybridized carbons (Fsp3) is 0.263. The minimum absolute atomic E-state index is 0.00676. The zero-order chi connectivity index (χ0) is 18.7. The predicted octanol–water partition coefficient (Wildman–Crippen LogP) is 5.61. The molecule has 0 aliphatic heterocycles. The van der Waals surface area contributed by atoms with Gasteiger partial charge in [0.25, 0.3) is 0 Å². The van der Waals surface area contributed by atoms with Crippen molar-refractivity contribution in [2.24, 2.45) is 0 Å². The number of nitrogens with zero attached hydrogens (tertiary/aromatic N) is 2. The van der Waals surface area contributed by atoms with Crippen LogP contribution in [-0.2, 0) is 17.8 Å². The van der Waals surface area contributed by atoms with Crippen LogP contribution in [0.4, 0.5) is 0 Å². The number of carbonyl (C=O) groups excluding carboxylic acids is 1. The molecular weight excluding hydrogens is 391 g/mol. The zero-order valence-corrected chi connectivity index (χ0v) is 16.8. The molecule has 2 aromatic heterocycles. The molecule has 1 amide bonds. The van der Waals surface area contributed by atoms with Gasteiger partial charge in [-0.05, 0) is 43.0 Å². The summed E-state index contributed by atoms with van der Waals surface area (Å²) < 4.78 is 5.72. The summed E-state index contributed by atoms with van der Waals surface area (Å²) in [4.78, 5) is 20.0. The lowest BCUT2D eigenvalue weighted by molar-refractivity contribution is -0.130. The second kappa shape index (κ2) is 8.25. The molecule has 3 rings (SSSR count). The predicted molar refractivity (Wildman–Crippen MR) is 106 cm³/mol. The van der Waals surface area contributed by atoms with Gasteiger partial charge in [-0.25, -0.2) is 4.98 Å². The number of benzene rings is 1. The fourth-order valence-corrected chi connectivity index (χ4v) is 3.56. The third-order valence-corrected chi connectivity index (χ3v) is 5.63. The molecule has 3 aromatic rings. The average molecular weight is 409 g/mol. The second-order valence-corrected chi connectivity index (χ2v) is 7.59. The number of hydrogen-bond acceptors (Lipinski definition) is 4. The van der Waals surface area contributed by atoms with Crippen LogP contribution in [0.5, 0.6) is 0 Å². The van der Waals surface area contributed by atoms with Gasteiger partial charge in [0.2, 0.25) is 11.8 Å². The molecule has 7 heteroatoms. The summed E-state index contributed by atoms with van der Waals surface area (Å²) in [5, 5.41) is 2.96. The molecule has 0 saturated heterocycles. The summed E-state index contributed by atoms with van der Waals surface area (Å²) in [5.41, 5.74) is 1.61. The Bertz CT molecular complexity index is 906. The van der Waals surface area contributed by atoms with Crippen LogP contribution >= 0.6 is 34.5 Å². The summed E-state index contributed by atoms with van der Waals surface area (Å²) in [6.07, 6.45) is 0.204. The molecule has 4 nitrogen and oxygen atoms in total. The number of oxazole rings is 1. The molecule has 0 radical (unpaired) electrons. The van der Waals surface area contributed by atoms with Crippen LogP contribution in [0.15, 0.2) is 40.1 Å². The molecular formula is C19H18Cl2N2O2S. The van der Waals surface area contributed by atoms with E-state index in [2.05, 4.69) is 4.98 Å². The topological polar surface area (TPSA) is 46.3 Å². The lowest BCUT2D eigenvalue weighted by Crippen LogP contribution is -2.31. The van der Waals surface area contributed by atoms with Crippen molar-refractivity contribution in [1.29, 1.82) is 0 Å². The van der Waals surface area contributed by atoms with E-state index in [1.165, 1.54) is 0 Å². The molecule has 0 atom stereocenters. The molecule has 26 heavy (non-hydrogen) atoms. The molecule has 136 valence electrons. The van der Waals surface area contributed by atoms with Gasteiger partial charge in [-0.1, -0.05) is 35.3 Å². The van der Waals surface area contributed by atoms with Crippen molar-refractivity contribution in [3.8, 4) is 10.8 Å². The number of rotatable bonds is 6. The number of likely N-dealkylation sites (N-methyl/N-ethyl adjacent to an activating group) is 1. The van der Waals surface area contributed by atoms with E-state index in [1.807, 2.05) is 37.4 Å². The van der Waals surface area contributed by atoms with E-state index in [0.29, 0.717) is 40.5 Å². The van der Waals surface area contributed by atoms with E-state index < -0.39 is 0 Å². The highest BCUT2D eigenvalue weighted by Gasteiger charge is 2.19. The van der Waals surface area contributed by atoms with Gasteiger partial charge in [0.1, 0.15) is 5.76 Å². The van der Waals surface area contributed by atoms with Crippen LogP contribution in [0.2, 0.25) is 10.0 Å². The number of halogens is 2. The molecule has 0 aliphatic carbocycles. The first-order chi connectivity index (χ1) is 12.5. The number of aromatic nitrogens is 1. The Morgan fingerprint density at radius 2 is 2.08 bits per heavy atom. The van der Waals surface area contributed by atoms with Gasteiger partial charge in [0, 0.05) is 13.1 Å². The van der Waals surface area contributed by atoms with E-state index in [0.717, 1.165) is 10.4 Å². The van der Waals surface area contributed by atoms with Gasteiger partial charge >= 0.3 is 0 Å². The van der Waals surface area contributed by atoms with Gasteiger partial charge in [0.15, 0.2) is 0 Å². The minimum Gasteiger partial charge on any atom is -0.440 e. The first-order valence-corrected chi connectivity index (χ1v) is 9.83. The quantitative estimate of drug-likeness (QED) is 0.532. The van der Waals surface area contributed by atoms with E-state index in [9.17, 15) is 4.79 Å². The van der Waals surface area contributed by atoms with Crippen LogP contribution in [0.1, 0.15) is 23.9 Å².